The van der Waals surface area contributed by atoms with Gasteiger partial charge in [0.1, 0.15) is 12.4 Å². The van der Waals surface area contributed by atoms with Crippen molar-refractivity contribution in [3.8, 4) is 0 Å². The molecule has 0 spiro atoms. The minimum atomic E-state index is -4.55. The fraction of sp³-hybridized carbons (Fsp3) is 0.583. The van der Waals surface area contributed by atoms with Crippen LogP contribution in [0, 0.1) is 11.7 Å². The van der Waals surface area contributed by atoms with Crippen LogP contribution in [0.25, 0.3) is 0 Å². The highest BCUT2D eigenvalue weighted by molar-refractivity contribution is 5.81. The van der Waals surface area contributed by atoms with Gasteiger partial charge in [0, 0.05) is 19.3 Å². The number of likely N-dealkylation sites (tertiary alicyclic amines) is 1. The predicted molar refractivity (Wildman–Crippen MR) is 131 cm³/mol. The molecule has 204 valence electrons. The van der Waals surface area contributed by atoms with Crippen molar-refractivity contribution in [2.75, 3.05) is 49.6 Å². The van der Waals surface area contributed by atoms with E-state index in [1.807, 2.05) is 4.90 Å². The number of aromatic nitrogens is 2. The first-order valence-electron chi connectivity index (χ1n) is 12.0. The zero-order valence-electron chi connectivity index (χ0n) is 20.8. The Hall–Kier alpha value is -3.06. The third kappa shape index (κ3) is 7.25. The molecule has 2 aliphatic rings. The highest BCUT2D eigenvalue weighted by Gasteiger charge is 2.33. The van der Waals surface area contributed by atoms with E-state index in [9.17, 15) is 23.1 Å². The van der Waals surface area contributed by atoms with Gasteiger partial charge in [0.15, 0.2) is 11.6 Å². The number of hydrogen-bond donors (Lipinski definition) is 2. The van der Waals surface area contributed by atoms with Crippen LogP contribution in [0.3, 0.4) is 0 Å². The number of hydrogen-bond acceptors (Lipinski definition) is 8. The molecule has 0 bridgehead atoms. The highest BCUT2D eigenvalue weighted by atomic mass is 19.4. The molecule has 2 aliphatic heterocycles. The van der Waals surface area contributed by atoms with Crippen molar-refractivity contribution in [3.05, 3.63) is 36.1 Å². The van der Waals surface area contributed by atoms with Crippen LogP contribution in [-0.2, 0) is 9.53 Å². The van der Waals surface area contributed by atoms with Crippen LogP contribution in [0.5, 0.6) is 0 Å². The van der Waals surface area contributed by atoms with E-state index in [-0.39, 0.29) is 43.0 Å². The molecular weight excluding hydrogens is 496 g/mol. The second-order valence-corrected chi connectivity index (χ2v) is 9.01. The van der Waals surface area contributed by atoms with Gasteiger partial charge >= 0.3 is 12.1 Å². The molecule has 2 N–H and O–H groups in total. The number of morpholine rings is 1. The number of piperidine rings is 1. The number of aliphatic imine (C=N–C) groups is 1. The largest absolute Gasteiger partial charge is 0.480 e. The summed E-state index contributed by atoms with van der Waals surface area (Å²) in [5.41, 5.74) is -0.835. The van der Waals surface area contributed by atoms with Crippen molar-refractivity contribution in [1.82, 2.24) is 14.9 Å². The molecule has 0 radical (unpaired) electrons. The number of nitrogens with zero attached hydrogens (tertiary/aromatic N) is 5. The van der Waals surface area contributed by atoms with E-state index in [2.05, 4.69) is 26.9 Å². The molecule has 13 heteroatoms. The first kappa shape index (κ1) is 28.5. The van der Waals surface area contributed by atoms with E-state index in [0.29, 0.717) is 25.8 Å². The maximum Gasteiger partial charge on any atom is 0.417 e. The van der Waals surface area contributed by atoms with E-state index in [1.165, 1.54) is 13.3 Å². The van der Waals surface area contributed by atoms with Gasteiger partial charge in [-0.2, -0.15) is 17.6 Å². The Morgan fingerprint density at radius 2 is 2.05 bits per heavy atom. The summed E-state index contributed by atoms with van der Waals surface area (Å²) >= 11 is 0. The second kappa shape index (κ2) is 12.5. The number of rotatable bonds is 9. The summed E-state index contributed by atoms with van der Waals surface area (Å²) in [6, 6.07) is -1.26. The monoisotopic (exact) mass is 528 g/mol. The SMILES string of the molecule is C=C(/N=C\C(=C/C)C(F)(F)F)[C@H]1COCCN1c1ncnc(NCC2CCN(C(C)C(=O)O)CC2)c1F. The van der Waals surface area contributed by atoms with Crippen LogP contribution < -0.4 is 10.2 Å². The number of aliphatic carboxylic acids is 1. The number of carboxylic acids is 1. The number of carboxylic acid groups (broad SMARTS) is 1. The Morgan fingerprint density at radius 3 is 2.68 bits per heavy atom. The maximum atomic E-state index is 15.5. The standard InChI is InChI=1S/C24H32F4N6O3/c1-4-18(24(26,27)28)12-29-15(2)19-13-37-10-9-34(19)22-20(25)21(31-14-32-22)30-11-17-5-7-33(8-6-17)16(3)23(35)36/h4,12,14,16-17,19H,2,5-11,13H2,1,3H3,(H,35,36)(H,30,31,32)/b18-4+,29-12-/t16?,19-/m1/s1. The molecule has 2 atom stereocenters. The normalized spacial score (nSPS) is 21.3. The van der Waals surface area contributed by atoms with Crippen molar-refractivity contribution >= 4 is 23.8 Å². The van der Waals surface area contributed by atoms with Gasteiger partial charge in [0.25, 0.3) is 0 Å². The zero-order valence-corrected chi connectivity index (χ0v) is 20.8. The first-order valence-corrected chi connectivity index (χ1v) is 12.0. The number of halogens is 4. The molecule has 2 saturated heterocycles. The number of anilines is 2. The molecule has 1 aromatic heterocycles. The van der Waals surface area contributed by atoms with Crippen LogP contribution in [0.4, 0.5) is 29.2 Å². The molecule has 1 aromatic rings. The molecular formula is C24H32F4N6O3. The van der Waals surface area contributed by atoms with Gasteiger partial charge in [0.2, 0.25) is 5.82 Å². The maximum absolute atomic E-state index is 15.5. The molecule has 9 nitrogen and oxygen atoms in total. The summed E-state index contributed by atoms with van der Waals surface area (Å²) in [6.45, 7) is 9.01. The molecule has 0 saturated carbocycles. The Balaban J connectivity index is 1.67. The van der Waals surface area contributed by atoms with Crippen LogP contribution in [0.2, 0.25) is 0 Å². The summed E-state index contributed by atoms with van der Waals surface area (Å²) in [6.07, 6.45) is -0.200. The van der Waals surface area contributed by atoms with Crippen LogP contribution in [0.15, 0.2) is 35.2 Å². The van der Waals surface area contributed by atoms with Crippen LogP contribution in [-0.4, -0.2) is 89.8 Å². The quantitative estimate of drug-likeness (QED) is 0.371. The van der Waals surface area contributed by atoms with Gasteiger partial charge in [-0.25, -0.2) is 9.97 Å². The third-order valence-corrected chi connectivity index (χ3v) is 6.68. The molecule has 3 heterocycles. The molecule has 3 rings (SSSR count). The molecule has 0 aliphatic carbocycles. The van der Waals surface area contributed by atoms with Crippen LogP contribution >= 0.6 is 0 Å². The fourth-order valence-corrected chi connectivity index (χ4v) is 4.31. The average molecular weight is 529 g/mol. The lowest BCUT2D eigenvalue weighted by atomic mass is 9.96. The molecule has 37 heavy (non-hydrogen) atoms. The van der Waals surface area contributed by atoms with Crippen molar-refractivity contribution in [1.29, 1.82) is 0 Å². The second-order valence-electron chi connectivity index (χ2n) is 9.01. The first-order chi connectivity index (χ1) is 17.5. The van der Waals surface area contributed by atoms with E-state index >= 15 is 4.39 Å². The number of carbonyl (C=O) groups is 1. The number of ether oxygens (including phenoxy) is 1. The topological polar surface area (TPSA) is 103 Å². The Labute approximate surface area is 212 Å². The van der Waals surface area contributed by atoms with Gasteiger partial charge in [-0.15, -0.1) is 0 Å². The average Bonchev–Trinajstić information content (AvgIpc) is 2.87. The molecule has 1 unspecified atom stereocenters. The number of allylic oxidation sites excluding steroid dienone is 2. The van der Waals surface area contributed by atoms with E-state index in [0.717, 1.165) is 18.9 Å². The van der Waals surface area contributed by atoms with E-state index in [4.69, 9.17) is 4.74 Å². The minimum absolute atomic E-state index is 0.0129. The smallest absolute Gasteiger partial charge is 0.417 e. The Morgan fingerprint density at radius 1 is 1.35 bits per heavy atom. The third-order valence-electron chi connectivity index (χ3n) is 6.68. The minimum Gasteiger partial charge on any atom is -0.480 e. The highest BCUT2D eigenvalue weighted by Crippen LogP contribution is 2.29. The van der Waals surface area contributed by atoms with E-state index < -0.39 is 35.6 Å². The van der Waals surface area contributed by atoms with Crippen molar-refractivity contribution in [2.45, 2.75) is 44.9 Å². The Bertz CT molecular complexity index is 1020. The van der Waals surface area contributed by atoms with Gasteiger partial charge in [-0.1, -0.05) is 12.7 Å². The van der Waals surface area contributed by atoms with Crippen LogP contribution in [0.1, 0.15) is 26.7 Å². The summed E-state index contributed by atoms with van der Waals surface area (Å²) in [4.78, 5) is 26.7. The lowest BCUT2D eigenvalue weighted by molar-refractivity contribution is -0.143. The van der Waals surface area contributed by atoms with Gasteiger partial charge in [0.05, 0.1) is 30.5 Å². The predicted octanol–water partition coefficient (Wildman–Crippen LogP) is 3.51. The number of alkyl halides is 3. The lowest BCUT2D eigenvalue weighted by Crippen LogP contribution is -2.47. The van der Waals surface area contributed by atoms with Gasteiger partial charge in [-0.3, -0.25) is 14.7 Å². The van der Waals surface area contributed by atoms with Gasteiger partial charge in [-0.05, 0) is 45.7 Å². The summed E-state index contributed by atoms with van der Waals surface area (Å²) in [5.74, 6) is -1.33. The summed E-state index contributed by atoms with van der Waals surface area (Å²) < 4.78 is 60.0. The molecule has 0 aromatic carbocycles. The van der Waals surface area contributed by atoms with E-state index in [1.54, 1.807) is 11.8 Å². The van der Waals surface area contributed by atoms with Gasteiger partial charge < -0.3 is 20.1 Å². The number of nitrogens with one attached hydrogen (secondary N) is 1. The summed E-state index contributed by atoms with van der Waals surface area (Å²) in [5, 5.41) is 12.2. The lowest BCUT2D eigenvalue weighted by Gasteiger charge is -2.36. The fourth-order valence-electron chi connectivity index (χ4n) is 4.31. The van der Waals surface area contributed by atoms with Crippen molar-refractivity contribution < 1.29 is 32.2 Å². The molecule has 0 amide bonds. The van der Waals surface area contributed by atoms with Crippen molar-refractivity contribution in [2.24, 2.45) is 10.9 Å². The molecule has 2 fully saturated rings. The summed E-state index contributed by atoms with van der Waals surface area (Å²) in [7, 11) is 0. The zero-order chi connectivity index (χ0) is 27.2. The van der Waals surface area contributed by atoms with Crippen molar-refractivity contribution in [3.63, 3.8) is 0 Å². The Kier molecular flexibility index (Phi) is 9.60.